The van der Waals surface area contributed by atoms with E-state index in [2.05, 4.69) is 55.4 Å². The van der Waals surface area contributed by atoms with E-state index in [0.29, 0.717) is 31.6 Å². The van der Waals surface area contributed by atoms with Gasteiger partial charge in [0, 0.05) is 25.7 Å². The second kappa shape index (κ2) is 66.3. The number of hydrogen-bond acceptors (Lipinski definition) is 15. The van der Waals surface area contributed by atoms with E-state index >= 15 is 0 Å². The number of carbonyl (C=O) groups is 4. The van der Waals surface area contributed by atoms with Crippen LogP contribution in [0.15, 0.2) is 0 Å². The number of aliphatic hydroxyl groups excluding tert-OH is 1. The SMILES string of the molecule is CCC(C)CCCCCCCCCCCCCCCCCCCCC(=O)O[C@H](COC(=O)CCCCCCCCC(C)C)COP(=O)(O)OC[C@H](O)COP(=O)(O)OC[C@@H](COC(=O)CCCCCCCCCCC(C)CC)OC(=O)CCCCCCCCCCCCC(C)C. The van der Waals surface area contributed by atoms with Crippen LogP contribution in [0.2, 0.25) is 0 Å². The van der Waals surface area contributed by atoms with Crippen LogP contribution < -0.4 is 0 Å². The number of carbonyl (C=O) groups excluding carboxylic acids is 4. The van der Waals surface area contributed by atoms with Gasteiger partial charge >= 0.3 is 39.5 Å². The summed E-state index contributed by atoms with van der Waals surface area (Å²) < 4.78 is 68.5. The summed E-state index contributed by atoms with van der Waals surface area (Å²) in [4.78, 5) is 72.8. The highest BCUT2D eigenvalue weighted by Crippen LogP contribution is 2.45. The lowest BCUT2D eigenvalue weighted by Crippen LogP contribution is -2.30. The van der Waals surface area contributed by atoms with E-state index in [9.17, 15) is 43.2 Å². The van der Waals surface area contributed by atoms with Gasteiger partial charge in [0.05, 0.1) is 26.4 Å². The summed E-state index contributed by atoms with van der Waals surface area (Å²) >= 11 is 0. The fourth-order valence-corrected chi connectivity index (χ4v) is 13.2. The van der Waals surface area contributed by atoms with Crippen LogP contribution >= 0.6 is 15.6 Å². The number of ether oxygens (including phenoxy) is 4. The Morgan fingerprint density at radius 1 is 0.292 bits per heavy atom. The van der Waals surface area contributed by atoms with E-state index < -0.39 is 97.5 Å². The van der Waals surface area contributed by atoms with E-state index in [-0.39, 0.29) is 25.7 Å². The average molecular weight is 1410 g/mol. The van der Waals surface area contributed by atoms with E-state index in [1.165, 1.54) is 186 Å². The number of hydrogen-bond donors (Lipinski definition) is 3. The molecule has 0 bridgehead atoms. The standard InChI is InChI=1S/C77H150O17P2/c1-9-69(7)55-47-39-30-24-19-17-15-13-11-12-14-16-18-20-25-33-43-51-59-76(81)94-73(64-88-75(80)58-50-42-36-35-38-46-54-68(5)6)66-92-96(85,86)90-62-71(78)61-89-95(83,84)91-65-72(63-87-74(79)57-49-41-32-28-27-31-40-48-56-70(8)10-2)93-77(82)60-52-44-34-26-22-21-23-29-37-45-53-67(3)4/h67-73,78H,9-66H2,1-8H3,(H,83,84)(H,85,86)/t69?,70?,71-,72-,73-/m1/s1. The van der Waals surface area contributed by atoms with Crippen LogP contribution in [0.1, 0.15) is 389 Å². The van der Waals surface area contributed by atoms with Gasteiger partial charge in [-0.05, 0) is 49.4 Å². The molecule has 0 aliphatic carbocycles. The summed E-state index contributed by atoms with van der Waals surface area (Å²) in [6.45, 7) is 14.2. The van der Waals surface area contributed by atoms with Crippen molar-refractivity contribution in [3.05, 3.63) is 0 Å². The molecule has 96 heavy (non-hydrogen) atoms. The van der Waals surface area contributed by atoms with E-state index in [1.807, 2.05) is 0 Å². The summed E-state index contributed by atoms with van der Waals surface area (Å²) in [7, 11) is -9.91. The minimum atomic E-state index is -4.96. The summed E-state index contributed by atoms with van der Waals surface area (Å²) in [6, 6.07) is 0. The molecular formula is C77H150O17P2. The molecular weight excluding hydrogens is 1260 g/mol. The number of aliphatic hydroxyl groups is 1. The normalized spacial score (nSPS) is 14.7. The highest BCUT2D eigenvalue weighted by atomic mass is 31.2. The van der Waals surface area contributed by atoms with Crippen LogP contribution in [0.3, 0.4) is 0 Å². The molecule has 0 rings (SSSR count). The molecule has 19 heteroatoms. The summed E-state index contributed by atoms with van der Waals surface area (Å²) in [6.07, 6.45) is 51.5. The van der Waals surface area contributed by atoms with Crippen LogP contribution in [-0.4, -0.2) is 96.7 Å². The molecule has 3 N–H and O–H groups in total. The third-order valence-corrected chi connectivity index (χ3v) is 20.4. The van der Waals surface area contributed by atoms with Crippen molar-refractivity contribution in [2.45, 2.75) is 408 Å². The third kappa shape index (κ3) is 67.9. The smallest absolute Gasteiger partial charge is 0.462 e. The maximum absolute atomic E-state index is 13.1. The van der Waals surface area contributed by atoms with Crippen molar-refractivity contribution in [3.63, 3.8) is 0 Å². The molecule has 0 spiro atoms. The van der Waals surface area contributed by atoms with Gasteiger partial charge in [-0.2, -0.15) is 0 Å². The lowest BCUT2D eigenvalue weighted by atomic mass is 9.99. The molecule has 0 fully saturated rings. The van der Waals surface area contributed by atoms with Crippen molar-refractivity contribution in [1.82, 2.24) is 0 Å². The van der Waals surface area contributed by atoms with Crippen molar-refractivity contribution in [2.75, 3.05) is 39.6 Å². The van der Waals surface area contributed by atoms with Crippen LogP contribution in [-0.2, 0) is 65.4 Å². The first kappa shape index (κ1) is 94.1. The second-order valence-electron chi connectivity index (χ2n) is 29.2. The van der Waals surface area contributed by atoms with Crippen molar-refractivity contribution in [1.29, 1.82) is 0 Å². The summed E-state index contributed by atoms with van der Waals surface area (Å²) in [5, 5.41) is 10.6. The molecule has 0 aliphatic rings. The van der Waals surface area contributed by atoms with Crippen LogP contribution in [0.4, 0.5) is 0 Å². The molecule has 0 amide bonds. The molecule has 0 aromatic rings. The average Bonchev–Trinajstić information content (AvgIpc) is 3.31. The van der Waals surface area contributed by atoms with Crippen LogP contribution in [0, 0.1) is 23.7 Å². The minimum absolute atomic E-state index is 0.105. The Morgan fingerprint density at radius 3 is 0.740 bits per heavy atom. The molecule has 570 valence electrons. The Morgan fingerprint density at radius 2 is 0.500 bits per heavy atom. The summed E-state index contributed by atoms with van der Waals surface area (Å²) in [5.74, 6) is 0.957. The number of rotatable bonds is 74. The van der Waals surface area contributed by atoms with Crippen molar-refractivity contribution < 1.29 is 80.2 Å². The van der Waals surface area contributed by atoms with Crippen molar-refractivity contribution in [2.24, 2.45) is 23.7 Å². The molecule has 7 atom stereocenters. The van der Waals surface area contributed by atoms with Gasteiger partial charge in [0.1, 0.15) is 19.3 Å². The number of phosphoric acid groups is 2. The Kier molecular flexibility index (Phi) is 65.0. The van der Waals surface area contributed by atoms with Gasteiger partial charge in [-0.1, -0.05) is 338 Å². The minimum Gasteiger partial charge on any atom is -0.462 e. The first-order valence-corrected chi connectivity index (χ1v) is 42.8. The third-order valence-electron chi connectivity index (χ3n) is 18.5. The highest BCUT2D eigenvalue weighted by Gasteiger charge is 2.30. The fraction of sp³-hybridized carbons (Fsp3) is 0.948. The van der Waals surface area contributed by atoms with Gasteiger partial charge in [-0.3, -0.25) is 37.3 Å². The fourth-order valence-electron chi connectivity index (χ4n) is 11.7. The number of phosphoric ester groups is 2. The monoisotopic (exact) mass is 1410 g/mol. The zero-order valence-electron chi connectivity index (χ0n) is 63.0. The predicted octanol–water partition coefficient (Wildman–Crippen LogP) is 22.4. The van der Waals surface area contributed by atoms with Crippen LogP contribution in [0.25, 0.3) is 0 Å². The van der Waals surface area contributed by atoms with Gasteiger partial charge in [0.25, 0.3) is 0 Å². The van der Waals surface area contributed by atoms with Crippen molar-refractivity contribution >= 4 is 39.5 Å². The molecule has 4 unspecified atom stereocenters. The molecule has 0 aliphatic heterocycles. The topological polar surface area (TPSA) is 237 Å². The first-order chi connectivity index (χ1) is 46.2. The predicted molar refractivity (Wildman–Crippen MR) is 391 cm³/mol. The maximum Gasteiger partial charge on any atom is 0.472 e. The number of unbranched alkanes of at least 4 members (excludes halogenated alkanes) is 38. The quantitative estimate of drug-likeness (QED) is 0.0222. The molecule has 0 aromatic heterocycles. The zero-order valence-corrected chi connectivity index (χ0v) is 64.8. The van der Waals surface area contributed by atoms with Crippen molar-refractivity contribution in [3.8, 4) is 0 Å². The zero-order chi connectivity index (χ0) is 71.0. The molecule has 17 nitrogen and oxygen atoms in total. The highest BCUT2D eigenvalue weighted by molar-refractivity contribution is 7.47. The van der Waals surface area contributed by atoms with E-state index in [1.54, 1.807) is 0 Å². The molecule has 0 heterocycles. The first-order valence-electron chi connectivity index (χ1n) is 39.8. The molecule has 0 aromatic carbocycles. The lowest BCUT2D eigenvalue weighted by molar-refractivity contribution is -0.161. The molecule has 0 saturated carbocycles. The van der Waals surface area contributed by atoms with Gasteiger partial charge in [-0.25, -0.2) is 9.13 Å². The van der Waals surface area contributed by atoms with Gasteiger partial charge in [0.15, 0.2) is 12.2 Å². The maximum atomic E-state index is 13.1. The Hall–Kier alpha value is -1.94. The van der Waals surface area contributed by atoms with Gasteiger partial charge in [0.2, 0.25) is 0 Å². The summed E-state index contributed by atoms with van der Waals surface area (Å²) in [5.41, 5.74) is 0. The Balaban J connectivity index is 5.17. The second-order valence-corrected chi connectivity index (χ2v) is 32.1. The number of esters is 4. The van der Waals surface area contributed by atoms with E-state index in [0.717, 1.165) is 114 Å². The molecule has 0 saturated heterocycles. The van der Waals surface area contributed by atoms with Gasteiger partial charge in [-0.15, -0.1) is 0 Å². The Bertz CT molecular complexity index is 1890. The lowest BCUT2D eigenvalue weighted by Gasteiger charge is -2.21. The van der Waals surface area contributed by atoms with Crippen LogP contribution in [0.5, 0.6) is 0 Å². The van der Waals surface area contributed by atoms with E-state index in [4.69, 9.17) is 37.0 Å². The largest absolute Gasteiger partial charge is 0.472 e. The molecule has 0 radical (unpaired) electrons. The Labute approximate surface area is 588 Å². The van der Waals surface area contributed by atoms with Gasteiger partial charge < -0.3 is 33.8 Å².